The highest BCUT2D eigenvalue weighted by Gasteiger charge is 2.14. The summed E-state index contributed by atoms with van der Waals surface area (Å²) < 4.78 is 0.883. The standard InChI is InChI=1S/C18H13BrClN3O/c19-13-7-1-3-9-15(13)22-17-12(6-5-11-21-17)18(24)23-16-10-4-2-8-14(16)20/h1-11H,(H,21,22)(H,23,24). The fourth-order valence-corrected chi connectivity index (χ4v) is 2.70. The predicted molar refractivity (Wildman–Crippen MR) is 101 cm³/mol. The highest BCUT2D eigenvalue weighted by Crippen LogP contribution is 2.27. The smallest absolute Gasteiger partial charge is 0.259 e. The van der Waals surface area contributed by atoms with Crippen LogP contribution in [-0.2, 0) is 0 Å². The number of carbonyl (C=O) groups excluding carboxylic acids is 1. The number of halogens is 2. The van der Waals surface area contributed by atoms with Gasteiger partial charge in [0.25, 0.3) is 5.91 Å². The first kappa shape index (κ1) is 16.5. The Balaban J connectivity index is 1.88. The van der Waals surface area contributed by atoms with Crippen LogP contribution in [0.25, 0.3) is 0 Å². The second kappa shape index (κ2) is 7.47. The number of carbonyl (C=O) groups is 1. The molecule has 0 saturated carbocycles. The molecule has 1 amide bonds. The SMILES string of the molecule is O=C(Nc1ccccc1Cl)c1cccnc1Nc1ccccc1Br. The summed E-state index contributed by atoms with van der Waals surface area (Å²) in [5, 5.41) is 6.46. The van der Waals surface area contributed by atoms with Crippen LogP contribution in [0.1, 0.15) is 10.4 Å². The first-order valence-electron chi connectivity index (χ1n) is 7.17. The lowest BCUT2D eigenvalue weighted by Crippen LogP contribution is -2.15. The van der Waals surface area contributed by atoms with Gasteiger partial charge in [0.05, 0.1) is 22.0 Å². The van der Waals surface area contributed by atoms with Gasteiger partial charge in [0, 0.05) is 10.7 Å². The van der Waals surface area contributed by atoms with Crippen LogP contribution >= 0.6 is 27.5 Å². The Morgan fingerprint density at radius 2 is 1.67 bits per heavy atom. The molecule has 0 aliphatic carbocycles. The summed E-state index contributed by atoms with van der Waals surface area (Å²) in [4.78, 5) is 16.9. The van der Waals surface area contributed by atoms with Crippen LogP contribution < -0.4 is 10.6 Å². The zero-order valence-corrected chi connectivity index (χ0v) is 14.8. The summed E-state index contributed by atoms with van der Waals surface area (Å²) in [6, 6.07) is 18.1. The quantitative estimate of drug-likeness (QED) is 0.606. The molecule has 3 rings (SSSR count). The summed E-state index contributed by atoms with van der Waals surface area (Å²) in [6.45, 7) is 0. The largest absolute Gasteiger partial charge is 0.339 e. The van der Waals surface area contributed by atoms with E-state index in [0.717, 1.165) is 10.2 Å². The zero-order chi connectivity index (χ0) is 16.9. The zero-order valence-electron chi connectivity index (χ0n) is 12.5. The number of nitrogens with one attached hydrogen (secondary N) is 2. The third kappa shape index (κ3) is 3.75. The molecule has 4 nitrogen and oxygen atoms in total. The number of hydrogen-bond donors (Lipinski definition) is 2. The van der Waals surface area contributed by atoms with Gasteiger partial charge in [-0.3, -0.25) is 4.79 Å². The van der Waals surface area contributed by atoms with E-state index < -0.39 is 0 Å². The molecule has 120 valence electrons. The van der Waals surface area contributed by atoms with Crippen molar-refractivity contribution in [3.8, 4) is 0 Å². The van der Waals surface area contributed by atoms with Crippen LogP contribution in [0.4, 0.5) is 17.2 Å². The van der Waals surface area contributed by atoms with Crippen molar-refractivity contribution in [2.45, 2.75) is 0 Å². The second-order valence-corrected chi connectivity index (χ2v) is 6.20. The van der Waals surface area contributed by atoms with Gasteiger partial charge in [-0.05, 0) is 52.3 Å². The summed E-state index contributed by atoms with van der Waals surface area (Å²) in [7, 11) is 0. The molecule has 2 aromatic carbocycles. The number of amides is 1. The van der Waals surface area contributed by atoms with Crippen LogP contribution in [-0.4, -0.2) is 10.9 Å². The van der Waals surface area contributed by atoms with Crippen molar-refractivity contribution in [2.24, 2.45) is 0 Å². The molecule has 0 fully saturated rings. The minimum absolute atomic E-state index is 0.286. The Labute approximate surface area is 153 Å². The number of hydrogen-bond acceptors (Lipinski definition) is 3. The molecule has 0 atom stereocenters. The van der Waals surface area contributed by atoms with Crippen LogP contribution in [0.5, 0.6) is 0 Å². The van der Waals surface area contributed by atoms with Gasteiger partial charge in [0.2, 0.25) is 0 Å². The van der Waals surface area contributed by atoms with Crippen molar-refractivity contribution in [1.29, 1.82) is 0 Å². The first-order chi connectivity index (χ1) is 11.6. The van der Waals surface area contributed by atoms with Crippen molar-refractivity contribution >= 4 is 50.6 Å². The summed E-state index contributed by atoms with van der Waals surface area (Å²) >= 11 is 9.56. The maximum atomic E-state index is 12.6. The van der Waals surface area contributed by atoms with E-state index in [9.17, 15) is 4.79 Å². The Bertz CT molecular complexity index is 885. The fraction of sp³-hybridized carbons (Fsp3) is 0. The van der Waals surface area contributed by atoms with Crippen molar-refractivity contribution in [2.75, 3.05) is 10.6 Å². The summed E-state index contributed by atoms with van der Waals surface area (Å²) in [6.07, 6.45) is 1.63. The van der Waals surface area contributed by atoms with Gasteiger partial charge in [-0.1, -0.05) is 35.9 Å². The van der Waals surface area contributed by atoms with Crippen molar-refractivity contribution in [3.05, 3.63) is 81.9 Å². The fourth-order valence-electron chi connectivity index (χ4n) is 2.13. The Morgan fingerprint density at radius 1 is 0.958 bits per heavy atom. The van der Waals surface area contributed by atoms with E-state index in [1.165, 1.54) is 0 Å². The molecule has 2 N–H and O–H groups in total. The average Bonchev–Trinajstić information content (AvgIpc) is 2.59. The minimum atomic E-state index is -0.286. The van der Waals surface area contributed by atoms with E-state index in [0.29, 0.717) is 22.1 Å². The first-order valence-corrected chi connectivity index (χ1v) is 8.34. The molecular weight excluding hydrogens is 390 g/mol. The number of rotatable bonds is 4. The lowest BCUT2D eigenvalue weighted by atomic mass is 10.2. The summed E-state index contributed by atoms with van der Waals surface area (Å²) in [5.74, 6) is 0.180. The van der Waals surface area contributed by atoms with E-state index >= 15 is 0 Å². The van der Waals surface area contributed by atoms with Crippen LogP contribution in [0.3, 0.4) is 0 Å². The third-order valence-corrected chi connectivity index (χ3v) is 4.32. The highest BCUT2D eigenvalue weighted by atomic mass is 79.9. The average molecular weight is 403 g/mol. The maximum absolute atomic E-state index is 12.6. The number of nitrogens with zero attached hydrogens (tertiary/aromatic N) is 1. The van der Waals surface area contributed by atoms with Gasteiger partial charge >= 0.3 is 0 Å². The number of aromatic nitrogens is 1. The molecule has 0 radical (unpaired) electrons. The van der Waals surface area contributed by atoms with E-state index in [1.807, 2.05) is 36.4 Å². The maximum Gasteiger partial charge on any atom is 0.259 e. The van der Waals surface area contributed by atoms with Gasteiger partial charge in [-0.25, -0.2) is 4.98 Å². The van der Waals surface area contributed by atoms with Crippen molar-refractivity contribution in [3.63, 3.8) is 0 Å². The predicted octanol–water partition coefficient (Wildman–Crippen LogP) is 5.49. The molecule has 0 unspecified atom stereocenters. The van der Waals surface area contributed by atoms with Gasteiger partial charge in [0.15, 0.2) is 0 Å². The normalized spacial score (nSPS) is 10.2. The number of pyridine rings is 1. The minimum Gasteiger partial charge on any atom is -0.339 e. The lowest BCUT2D eigenvalue weighted by Gasteiger charge is -2.12. The molecule has 0 spiro atoms. The molecule has 3 aromatic rings. The van der Waals surface area contributed by atoms with Crippen LogP contribution in [0, 0.1) is 0 Å². The Hall–Kier alpha value is -2.37. The molecule has 1 heterocycles. The van der Waals surface area contributed by atoms with Crippen LogP contribution in [0.2, 0.25) is 5.02 Å². The number of anilines is 3. The Morgan fingerprint density at radius 3 is 2.42 bits per heavy atom. The molecule has 0 aliphatic heterocycles. The molecule has 0 saturated heterocycles. The van der Waals surface area contributed by atoms with E-state index in [1.54, 1.807) is 30.5 Å². The molecule has 0 aliphatic rings. The highest BCUT2D eigenvalue weighted by molar-refractivity contribution is 9.10. The lowest BCUT2D eigenvalue weighted by molar-refractivity contribution is 0.102. The van der Waals surface area contributed by atoms with E-state index in [-0.39, 0.29) is 5.91 Å². The monoisotopic (exact) mass is 401 g/mol. The second-order valence-electron chi connectivity index (χ2n) is 4.94. The molecule has 24 heavy (non-hydrogen) atoms. The van der Waals surface area contributed by atoms with Gasteiger partial charge in [0.1, 0.15) is 5.82 Å². The van der Waals surface area contributed by atoms with Crippen molar-refractivity contribution < 1.29 is 4.79 Å². The van der Waals surface area contributed by atoms with Gasteiger partial charge in [-0.15, -0.1) is 0 Å². The summed E-state index contributed by atoms with van der Waals surface area (Å²) in [5.41, 5.74) is 1.80. The molecule has 6 heteroatoms. The molecule has 1 aromatic heterocycles. The Kier molecular flexibility index (Phi) is 5.13. The third-order valence-electron chi connectivity index (χ3n) is 3.30. The van der Waals surface area contributed by atoms with E-state index in [2.05, 4.69) is 31.5 Å². The van der Waals surface area contributed by atoms with Gasteiger partial charge in [-0.2, -0.15) is 0 Å². The van der Waals surface area contributed by atoms with Crippen molar-refractivity contribution in [1.82, 2.24) is 4.98 Å². The number of para-hydroxylation sites is 2. The topological polar surface area (TPSA) is 54.0 Å². The van der Waals surface area contributed by atoms with E-state index in [4.69, 9.17) is 11.6 Å². The molecular formula is C18H13BrClN3O. The number of benzene rings is 2. The van der Waals surface area contributed by atoms with Gasteiger partial charge < -0.3 is 10.6 Å². The van der Waals surface area contributed by atoms with Crippen LogP contribution in [0.15, 0.2) is 71.3 Å². The molecule has 0 bridgehead atoms.